The maximum absolute atomic E-state index is 10.6. The number of aliphatic hydroxyl groups is 1. The highest BCUT2D eigenvalue weighted by molar-refractivity contribution is 5.95. The Labute approximate surface area is 63.9 Å². The molecule has 0 aliphatic carbocycles. The van der Waals surface area contributed by atoms with Crippen LogP contribution in [0.25, 0.3) is 0 Å². The number of carbonyl (C=O) groups excluding carboxylic acids is 2. The molecule has 0 saturated heterocycles. The maximum atomic E-state index is 10.6. The predicted octanol–water partition coefficient (Wildman–Crippen LogP) is -1.52. The fourth-order valence-corrected chi connectivity index (χ4v) is 0.412. The van der Waals surface area contributed by atoms with E-state index in [1.54, 1.807) is 0 Å². The lowest BCUT2D eigenvalue weighted by atomic mass is 10.4. The van der Waals surface area contributed by atoms with Crippen LogP contribution >= 0.6 is 0 Å². The zero-order valence-corrected chi connectivity index (χ0v) is 6.07. The summed E-state index contributed by atoms with van der Waals surface area (Å²) in [5.41, 5.74) is 4.70. The number of carbonyl (C=O) groups is 2. The number of nitrogens with one attached hydrogen (secondary N) is 1. The van der Waals surface area contributed by atoms with Gasteiger partial charge in [0.25, 0.3) is 0 Å². The van der Waals surface area contributed by atoms with Crippen LogP contribution in [0.5, 0.6) is 0 Å². The van der Waals surface area contributed by atoms with Crippen molar-refractivity contribution in [3.8, 4) is 0 Å². The standard InChI is InChI=1S/C6H10N2O3/c1-4(9)8-6(11)3-2-5(7)10/h2-4,9H,1H3,(H2,7,10)(H,8,11)/b3-2+. The third kappa shape index (κ3) is 6.53. The first-order chi connectivity index (χ1) is 5.02. The summed E-state index contributed by atoms with van der Waals surface area (Å²) < 4.78 is 0. The summed E-state index contributed by atoms with van der Waals surface area (Å²) in [6, 6.07) is 0. The lowest BCUT2D eigenvalue weighted by Crippen LogP contribution is -2.30. The molecule has 0 radical (unpaired) electrons. The molecule has 0 spiro atoms. The minimum absolute atomic E-state index is 0.557. The van der Waals surface area contributed by atoms with E-state index in [4.69, 9.17) is 10.8 Å². The van der Waals surface area contributed by atoms with Gasteiger partial charge in [-0.2, -0.15) is 0 Å². The monoisotopic (exact) mass is 158 g/mol. The average Bonchev–Trinajstić information content (AvgIpc) is 1.82. The fourth-order valence-electron chi connectivity index (χ4n) is 0.412. The molecular weight excluding hydrogens is 148 g/mol. The van der Waals surface area contributed by atoms with Crippen LogP contribution in [-0.4, -0.2) is 23.1 Å². The first-order valence-corrected chi connectivity index (χ1v) is 2.98. The summed E-state index contributed by atoms with van der Waals surface area (Å²) in [5.74, 6) is -1.26. The molecule has 0 aromatic heterocycles. The highest BCUT2D eigenvalue weighted by atomic mass is 16.3. The van der Waals surface area contributed by atoms with Crippen molar-refractivity contribution < 1.29 is 14.7 Å². The Hall–Kier alpha value is -1.36. The molecule has 1 atom stereocenters. The third-order valence-corrected chi connectivity index (χ3v) is 0.750. The lowest BCUT2D eigenvalue weighted by Gasteiger charge is -2.02. The Balaban J connectivity index is 3.78. The minimum atomic E-state index is -0.931. The Morgan fingerprint density at radius 3 is 2.45 bits per heavy atom. The highest BCUT2D eigenvalue weighted by Crippen LogP contribution is 1.75. The van der Waals surface area contributed by atoms with Gasteiger partial charge in [0.15, 0.2) is 0 Å². The molecule has 1 unspecified atom stereocenters. The largest absolute Gasteiger partial charge is 0.374 e. The highest BCUT2D eigenvalue weighted by Gasteiger charge is 1.98. The molecule has 0 fully saturated rings. The molecule has 0 rings (SSSR count). The van der Waals surface area contributed by atoms with Gasteiger partial charge >= 0.3 is 0 Å². The SMILES string of the molecule is CC(O)NC(=O)/C=C/C(N)=O. The normalized spacial score (nSPS) is 12.9. The van der Waals surface area contributed by atoms with Gasteiger partial charge in [0, 0.05) is 12.2 Å². The van der Waals surface area contributed by atoms with E-state index in [2.05, 4.69) is 5.32 Å². The van der Waals surface area contributed by atoms with Crippen LogP contribution in [0.1, 0.15) is 6.92 Å². The van der Waals surface area contributed by atoms with Crippen LogP contribution in [-0.2, 0) is 9.59 Å². The molecule has 5 heteroatoms. The Bertz CT molecular complexity index is 186. The van der Waals surface area contributed by atoms with Crippen molar-refractivity contribution in [1.29, 1.82) is 0 Å². The summed E-state index contributed by atoms with van der Waals surface area (Å²) in [4.78, 5) is 20.7. The number of hydrogen-bond donors (Lipinski definition) is 3. The maximum Gasteiger partial charge on any atom is 0.246 e. The van der Waals surface area contributed by atoms with Crippen molar-refractivity contribution in [2.45, 2.75) is 13.2 Å². The smallest absolute Gasteiger partial charge is 0.246 e. The van der Waals surface area contributed by atoms with E-state index < -0.39 is 18.0 Å². The minimum Gasteiger partial charge on any atom is -0.374 e. The van der Waals surface area contributed by atoms with Gasteiger partial charge in [0.05, 0.1) is 0 Å². The van der Waals surface area contributed by atoms with E-state index in [9.17, 15) is 9.59 Å². The van der Waals surface area contributed by atoms with Crippen LogP contribution in [0.3, 0.4) is 0 Å². The first-order valence-electron chi connectivity index (χ1n) is 2.98. The van der Waals surface area contributed by atoms with Crippen LogP contribution < -0.4 is 11.1 Å². The Morgan fingerprint density at radius 2 is 2.09 bits per heavy atom. The second-order valence-electron chi connectivity index (χ2n) is 1.92. The van der Waals surface area contributed by atoms with E-state index >= 15 is 0 Å². The Morgan fingerprint density at radius 1 is 1.55 bits per heavy atom. The molecule has 4 N–H and O–H groups in total. The zero-order valence-electron chi connectivity index (χ0n) is 6.07. The van der Waals surface area contributed by atoms with Crippen LogP contribution in [0.4, 0.5) is 0 Å². The van der Waals surface area contributed by atoms with E-state index in [0.717, 1.165) is 12.2 Å². The molecule has 2 amide bonds. The number of hydrogen-bond acceptors (Lipinski definition) is 3. The second kappa shape index (κ2) is 4.45. The van der Waals surface area contributed by atoms with Gasteiger partial charge in [-0.25, -0.2) is 0 Å². The van der Waals surface area contributed by atoms with Gasteiger partial charge in [-0.3, -0.25) is 9.59 Å². The van der Waals surface area contributed by atoms with Crippen molar-refractivity contribution in [3.05, 3.63) is 12.2 Å². The van der Waals surface area contributed by atoms with Crippen molar-refractivity contribution in [1.82, 2.24) is 5.32 Å². The molecule has 0 bridgehead atoms. The fraction of sp³-hybridized carbons (Fsp3) is 0.333. The van der Waals surface area contributed by atoms with Crippen molar-refractivity contribution >= 4 is 11.8 Å². The number of amides is 2. The van der Waals surface area contributed by atoms with Gasteiger partial charge in [-0.15, -0.1) is 0 Å². The van der Waals surface area contributed by atoms with Gasteiger partial charge in [0.1, 0.15) is 6.23 Å². The summed E-state index contributed by atoms with van der Waals surface area (Å²) in [7, 11) is 0. The predicted molar refractivity (Wildman–Crippen MR) is 38.2 cm³/mol. The third-order valence-electron chi connectivity index (χ3n) is 0.750. The van der Waals surface area contributed by atoms with E-state index in [0.29, 0.717) is 0 Å². The van der Waals surface area contributed by atoms with Gasteiger partial charge < -0.3 is 16.2 Å². The number of aliphatic hydroxyl groups excluding tert-OH is 1. The topological polar surface area (TPSA) is 92.4 Å². The molecular formula is C6H10N2O3. The summed E-state index contributed by atoms with van der Waals surface area (Å²) >= 11 is 0. The van der Waals surface area contributed by atoms with Crippen molar-refractivity contribution in [2.24, 2.45) is 5.73 Å². The van der Waals surface area contributed by atoms with Gasteiger partial charge in [-0.05, 0) is 6.92 Å². The first kappa shape index (κ1) is 9.64. The number of primary amides is 1. The molecule has 0 aromatic carbocycles. The van der Waals surface area contributed by atoms with Crippen molar-refractivity contribution in [2.75, 3.05) is 0 Å². The summed E-state index contributed by atoms with van der Waals surface area (Å²) in [6.45, 7) is 1.38. The van der Waals surface area contributed by atoms with E-state index in [1.807, 2.05) is 0 Å². The van der Waals surface area contributed by atoms with Gasteiger partial charge in [-0.1, -0.05) is 0 Å². The summed E-state index contributed by atoms with van der Waals surface area (Å²) in [6.07, 6.45) is 0.937. The van der Waals surface area contributed by atoms with Gasteiger partial charge in [0.2, 0.25) is 11.8 Å². The molecule has 5 nitrogen and oxygen atoms in total. The molecule has 0 aliphatic heterocycles. The van der Waals surface area contributed by atoms with Crippen LogP contribution in [0.2, 0.25) is 0 Å². The quantitative estimate of drug-likeness (QED) is 0.344. The second-order valence-corrected chi connectivity index (χ2v) is 1.92. The van der Waals surface area contributed by atoms with Crippen molar-refractivity contribution in [3.63, 3.8) is 0 Å². The Kier molecular flexibility index (Phi) is 3.90. The molecule has 0 aliphatic rings. The summed E-state index contributed by atoms with van der Waals surface area (Å²) in [5, 5.41) is 10.7. The van der Waals surface area contributed by atoms with E-state index in [1.165, 1.54) is 6.92 Å². The lowest BCUT2D eigenvalue weighted by molar-refractivity contribution is -0.119. The number of rotatable bonds is 3. The van der Waals surface area contributed by atoms with Crippen LogP contribution in [0, 0.1) is 0 Å². The molecule has 62 valence electrons. The molecule has 0 heterocycles. The van der Waals surface area contributed by atoms with E-state index in [-0.39, 0.29) is 0 Å². The molecule has 11 heavy (non-hydrogen) atoms. The zero-order chi connectivity index (χ0) is 8.85. The molecule has 0 saturated carbocycles. The average molecular weight is 158 g/mol. The molecule has 0 aromatic rings. The van der Waals surface area contributed by atoms with Crippen LogP contribution in [0.15, 0.2) is 12.2 Å². The number of nitrogens with two attached hydrogens (primary N) is 1.